The summed E-state index contributed by atoms with van der Waals surface area (Å²) in [6.07, 6.45) is 7.18. The lowest BCUT2D eigenvalue weighted by Crippen LogP contribution is -2.48. The summed E-state index contributed by atoms with van der Waals surface area (Å²) in [4.78, 5) is 27.0. The second kappa shape index (κ2) is 8.76. The van der Waals surface area contributed by atoms with Crippen LogP contribution >= 0.6 is 11.6 Å². The highest BCUT2D eigenvalue weighted by atomic mass is 35.5. The Morgan fingerprint density at radius 1 is 1.12 bits per heavy atom. The lowest BCUT2D eigenvalue weighted by atomic mass is 9.88. The zero-order valence-corrected chi connectivity index (χ0v) is 16.1. The SMILES string of the molecule is COc1cc(Cl)ccc1C(=O)N1CCC(NC(=O)C2CCCCC2)CC1. The first kappa shape index (κ1) is 19.0. The highest BCUT2D eigenvalue weighted by molar-refractivity contribution is 6.30. The van der Waals surface area contributed by atoms with Gasteiger partial charge in [-0.15, -0.1) is 0 Å². The molecule has 2 fully saturated rings. The first-order valence-corrected chi connectivity index (χ1v) is 9.89. The Bertz CT molecular complexity index is 650. The minimum Gasteiger partial charge on any atom is -0.496 e. The molecule has 0 bridgehead atoms. The number of piperidine rings is 1. The van der Waals surface area contributed by atoms with Crippen molar-refractivity contribution in [2.75, 3.05) is 20.2 Å². The largest absolute Gasteiger partial charge is 0.496 e. The minimum absolute atomic E-state index is 0.0458. The summed E-state index contributed by atoms with van der Waals surface area (Å²) in [5.41, 5.74) is 0.529. The molecule has 1 saturated heterocycles. The fourth-order valence-electron chi connectivity index (χ4n) is 3.92. The summed E-state index contributed by atoms with van der Waals surface area (Å²) < 4.78 is 5.29. The molecule has 0 aromatic heterocycles. The Hall–Kier alpha value is -1.75. The molecule has 2 aliphatic rings. The minimum atomic E-state index is -0.0458. The molecule has 2 amide bonds. The van der Waals surface area contributed by atoms with Crippen molar-refractivity contribution in [1.29, 1.82) is 0 Å². The molecule has 1 aromatic carbocycles. The van der Waals surface area contributed by atoms with Gasteiger partial charge in [-0.2, -0.15) is 0 Å². The number of ether oxygens (including phenoxy) is 1. The van der Waals surface area contributed by atoms with Gasteiger partial charge < -0.3 is 15.0 Å². The topological polar surface area (TPSA) is 58.6 Å². The smallest absolute Gasteiger partial charge is 0.257 e. The second-order valence-electron chi connectivity index (χ2n) is 7.25. The van der Waals surface area contributed by atoms with E-state index in [4.69, 9.17) is 16.3 Å². The van der Waals surface area contributed by atoms with Crippen LogP contribution in [0.5, 0.6) is 5.75 Å². The predicted octanol–water partition coefficient (Wildman–Crippen LogP) is 3.65. The summed E-state index contributed by atoms with van der Waals surface area (Å²) in [6, 6.07) is 5.24. The van der Waals surface area contributed by atoms with E-state index in [1.165, 1.54) is 13.5 Å². The molecule has 1 aliphatic heterocycles. The van der Waals surface area contributed by atoms with Crippen molar-refractivity contribution in [3.05, 3.63) is 28.8 Å². The fourth-order valence-corrected chi connectivity index (χ4v) is 4.08. The molecule has 1 N–H and O–H groups in total. The molecule has 1 heterocycles. The van der Waals surface area contributed by atoms with Crippen molar-refractivity contribution < 1.29 is 14.3 Å². The van der Waals surface area contributed by atoms with Gasteiger partial charge in [0.05, 0.1) is 12.7 Å². The van der Waals surface area contributed by atoms with E-state index in [0.717, 1.165) is 38.5 Å². The van der Waals surface area contributed by atoms with Crippen molar-refractivity contribution in [2.45, 2.75) is 51.0 Å². The number of hydrogen-bond acceptors (Lipinski definition) is 3. The number of nitrogens with one attached hydrogen (secondary N) is 1. The van der Waals surface area contributed by atoms with E-state index >= 15 is 0 Å². The molecule has 142 valence electrons. The summed E-state index contributed by atoms with van der Waals surface area (Å²) in [5.74, 6) is 0.835. The van der Waals surface area contributed by atoms with Gasteiger partial charge in [0.15, 0.2) is 0 Å². The van der Waals surface area contributed by atoms with E-state index in [1.807, 2.05) is 4.90 Å². The van der Waals surface area contributed by atoms with Crippen LogP contribution in [0.15, 0.2) is 18.2 Å². The zero-order chi connectivity index (χ0) is 18.5. The number of likely N-dealkylation sites (tertiary alicyclic amines) is 1. The van der Waals surface area contributed by atoms with Crippen LogP contribution in [0, 0.1) is 5.92 Å². The first-order chi connectivity index (χ1) is 12.6. The molecule has 1 aliphatic carbocycles. The van der Waals surface area contributed by atoms with Crippen LogP contribution in [0.3, 0.4) is 0 Å². The standard InChI is InChI=1S/C20H27ClN2O3/c1-26-18-13-15(21)7-8-17(18)20(25)23-11-9-16(10-12-23)22-19(24)14-5-3-2-4-6-14/h7-8,13-14,16H,2-6,9-12H2,1H3,(H,22,24). The van der Waals surface area contributed by atoms with Crippen molar-refractivity contribution in [2.24, 2.45) is 5.92 Å². The highest BCUT2D eigenvalue weighted by Crippen LogP contribution is 2.26. The van der Waals surface area contributed by atoms with Gasteiger partial charge >= 0.3 is 0 Å². The van der Waals surface area contributed by atoms with E-state index in [9.17, 15) is 9.59 Å². The first-order valence-electron chi connectivity index (χ1n) is 9.51. The molecule has 0 unspecified atom stereocenters. The van der Waals surface area contributed by atoms with E-state index in [-0.39, 0.29) is 23.8 Å². The Morgan fingerprint density at radius 3 is 2.46 bits per heavy atom. The van der Waals surface area contributed by atoms with Crippen molar-refractivity contribution in [3.63, 3.8) is 0 Å². The maximum absolute atomic E-state index is 12.8. The number of hydrogen-bond donors (Lipinski definition) is 1. The number of amides is 2. The van der Waals surface area contributed by atoms with E-state index < -0.39 is 0 Å². The average Bonchev–Trinajstić information content (AvgIpc) is 2.68. The summed E-state index contributed by atoms with van der Waals surface area (Å²) in [5, 5.41) is 3.74. The van der Waals surface area contributed by atoms with Gasteiger partial charge in [-0.1, -0.05) is 30.9 Å². The number of benzene rings is 1. The van der Waals surface area contributed by atoms with E-state index in [0.29, 0.717) is 29.4 Å². The van der Waals surface area contributed by atoms with Crippen LogP contribution in [0.1, 0.15) is 55.3 Å². The van der Waals surface area contributed by atoms with E-state index in [2.05, 4.69) is 5.32 Å². The van der Waals surface area contributed by atoms with Crippen LogP contribution in [-0.2, 0) is 4.79 Å². The van der Waals surface area contributed by atoms with Crippen LogP contribution < -0.4 is 10.1 Å². The summed E-state index contributed by atoms with van der Waals surface area (Å²) >= 11 is 5.97. The number of methoxy groups -OCH3 is 1. The summed E-state index contributed by atoms with van der Waals surface area (Å²) in [7, 11) is 1.54. The highest BCUT2D eigenvalue weighted by Gasteiger charge is 2.28. The van der Waals surface area contributed by atoms with Gasteiger partial charge in [0.1, 0.15) is 5.75 Å². The molecule has 26 heavy (non-hydrogen) atoms. The van der Waals surface area contributed by atoms with Crippen molar-refractivity contribution >= 4 is 23.4 Å². The second-order valence-corrected chi connectivity index (χ2v) is 7.69. The molecule has 5 nitrogen and oxygen atoms in total. The Kier molecular flexibility index (Phi) is 6.41. The number of carbonyl (C=O) groups is 2. The van der Waals surface area contributed by atoms with Crippen LogP contribution in [0.2, 0.25) is 5.02 Å². The quantitative estimate of drug-likeness (QED) is 0.869. The predicted molar refractivity (Wildman–Crippen MR) is 102 cm³/mol. The number of carbonyl (C=O) groups excluding carboxylic acids is 2. The Morgan fingerprint density at radius 2 is 1.81 bits per heavy atom. The third-order valence-electron chi connectivity index (χ3n) is 5.50. The molecule has 0 spiro atoms. The van der Waals surface area contributed by atoms with E-state index in [1.54, 1.807) is 18.2 Å². The van der Waals surface area contributed by atoms with Gasteiger partial charge in [-0.3, -0.25) is 9.59 Å². The fraction of sp³-hybridized carbons (Fsp3) is 0.600. The molecule has 3 rings (SSSR count). The normalized spacial score (nSPS) is 19.2. The van der Waals surface area contributed by atoms with Crippen LogP contribution in [0.4, 0.5) is 0 Å². The summed E-state index contributed by atoms with van der Waals surface area (Å²) in [6.45, 7) is 1.28. The number of rotatable bonds is 4. The molecule has 6 heteroatoms. The van der Waals surface area contributed by atoms with Crippen molar-refractivity contribution in [1.82, 2.24) is 10.2 Å². The van der Waals surface area contributed by atoms with Crippen LogP contribution in [0.25, 0.3) is 0 Å². The third-order valence-corrected chi connectivity index (χ3v) is 5.73. The lowest BCUT2D eigenvalue weighted by Gasteiger charge is -2.33. The lowest BCUT2D eigenvalue weighted by molar-refractivity contribution is -0.126. The van der Waals surface area contributed by atoms with Gasteiger partial charge in [0.25, 0.3) is 5.91 Å². The number of nitrogens with zero attached hydrogens (tertiary/aromatic N) is 1. The van der Waals surface area contributed by atoms with Gasteiger partial charge in [0, 0.05) is 30.1 Å². The number of halogens is 1. The maximum atomic E-state index is 12.8. The van der Waals surface area contributed by atoms with Crippen LogP contribution in [-0.4, -0.2) is 43.0 Å². The van der Waals surface area contributed by atoms with Gasteiger partial charge in [-0.05, 0) is 43.9 Å². The van der Waals surface area contributed by atoms with Crippen molar-refractivity contribution in [3.8, 4) is 5.75 Å². The maximum Gasteiger partial charge on any atom is 0.257 e. The molecular weight excluding hydrogens is 352 g/mol. The third kappa shape index (κ3) is 4.50. The Balaban J connectivity index is 1.53. The average molecular weight is 379 g/mol. The monoisotopic (exact) mass is 378 g/mol. The molecule has 1 aromatic rings. The molecule has 1 saturated carbocycles. The molecule has 0 atom stereocenters. The zero-order valence-electron chi connectivity index (χ0n) is 15.3. The molecular formula is C20H27ClN2O3. The Labute approximate surface area is 160 Å². The molecule has 0 radical (unpaired) electrons. The van der Waals surface area contributed by atoms with Gasteiger partial charge in [-0.25, -0.2) is 0 Å². The van der Waals surface area contributed by atoms with Gasteiger partial charge in [0.2, 0.25) is 5.91 Å².